The molecule has 18 heavy (non-hydrogen) atoms. The van der Waals surface area contributed by atoms with E-state index in [9.17, 15) is 0 Å². The second-order valence-electron chi connectivity index (χ2n) is 5.77. The summed E-state index contributed by atoms with van der Waals surface area (Å²) in [6.07, 6.45) is 3.92. The molecule has 1 saturated heterocycles. The Morgan fingerprint density at radius 3 is 2.89 bits per heavy atom. The molecule has 0 spiro atoms. The zero-order valence-corrected chi connectivity index (χ0v) is 12.3. The van der Waals surface area contributed by atoms with Crippen molar-refractivity contribution in [3.05, 3.63) is 33.8 Å². The van der Waals surface area contributed by atoms with Crippen LogP contribution in [0.4, 0.5) is 0 Å². The molecular weight excluding hydrogens is 265 g/mol. The molecule has 0 bridgehead atoms. The maximum atomic E-state index is 6.15. The first-order valence-electron chi connectivity index (χ1n) is 6.83. The van der Waals surface area contributed by atoms with Gasteiger partial charge in [0.15, 0.2) is 0 Å². The fourth-order valence-corrected chi connectivity index (χ4v) is 3.69. The molecule has 0 aromatic heterocycles. The van der Waals surface area contributed by atoms with Crippen LogP contribution < -0.4 is 0 Å². The Labute approximate surface area is 119 Å². The molecule has 1 heterocycles. The fourth-order valence-electron chi connectivity index (χ4n) is 3.39. The first kappa shape index (κ1) is 12.8. The minimum atomic E-state index is 0.391. The van der Waals surface area contributed by atoms with Crippen LogP contribution in [0.2, 0.25) is 10.0 Å². The van der Waals surface area contributed by atoms with E-state index in [-0.39, 0.29) is 0 Å². The standard InChI is InChI=1S/C15H19Cl2N/c1-2-3-6-18-9-12-8-15(12,10-18)11-4-5-13(16)14(17)7-11/h4-5,7,12H,2-3,6,8-10H2,1H3/t12?,15-/m0/s1. The lowest BCUT2D eigenvalue weighted by atomic mass is 9.95. The maximum Gasteiger partial charge on any atom is 0.0595 e. The highest BCUT2D eigenvalue weighted by molar-refractivity contribution is 6.42. The molecule has 1 aromatic rings. The second kappa shape index (κ2) is 4.70. The van der Waals surface area contributed by atoms with Crippen molar-refractivity contribution in [1.82, 2.24) is 4.90 Å². The fraction of sp³-hybridized carbons (Fsp3) is 0.600. The van der Waals surface area contributed by atoms with Crippen LogP contribution >= 0.6 is 23.2 Å². The van der Waals surface area contributed by atoms with E-state index in [2.05, 4.69) is 24.0 Å². The van der Waals surface area contributed by atoms with Gasteiger partial charge in [-0.25, -0.2) is 0 Å². The molecule has 1 aliphatic carbocycles. The number of hydrogen-bond donors (Lipinski definition) is 0. The molecule has 1 aliphatic heterocycles. The number of hydrogen-bond acceptors (Lipinski definition) is 1. The molecule has 3 heteroatoms. The van der Waals surface area contributed by atoms with Crippen molar-refractivity contribution < 1.29 is 0 Å². The number of fused-ring (bicyclic) bond motifs is 1. The number of nitrogens with zero attached hydrogens (tertiary/aromatic N) is 1. The third-order valence-corrected chi connectivity index (χ3v) is 5.28. The van der Waals surface area contributed by atoms with Gasteiger partial charge in [-0.2, -0.15) is 0 Å². The summed E-state index contributed by atoms with van der Waals surface area (Å²) in [7, 11) is 0. The average molecular weight is 284 g/mol. The summed E-state index contributed by atoms with van der Waals surface area (Å²) in [5, 5.41) is 1.36. The number of likely N-dealkylation sites (tertiary alicyclic amines) is 1. The largest absolute Gasteiger partial charge is 0.302 e. The first-order valence-corrected chi connectivity index (χ1v) is 7.59. The van der Waals surface area contributed by atoms with E-state index >= 15 is 0 Å². The number of unbranched alkanes of at least 4 members (excludes halogenated alkanes) is 1. The zero-order chi connectivity index (χ0) is 12.8. The van der Waals surface area contributed by atoms with E-state index in [1.807, 2.05) is 6.07 Å². The zero-order valence-electron chi connectivity index (χ0n) is 10.8. The van der Waals surface area contributed by atoms with Crippen LogP contribution in [0.1, 0.15) is 31.7 Å². The van der Waals surface area contributed by atoms with Crippen LogP contribution in [0.25, 0.3) is 0 Å². The van der Waals surface area contributed by atoms with Crippen LogP contribution in [0.15, 0.2) is 18.2 Å². The molecule has 2 fully saturated rings. The van der Waals surface area contributed by atoms with Gasteiger partial charge < -0.3 is 4.90 Å². The minimum Gasteiger partial charge on any atom is -0.302 e. The van der Waals surface area contributed by atoms with E-state index in [1.165, 1.54) is 44.5 Å². The Bertz CT molecular complexity index is 460. The minimum absolute atomic E-state index is 0.391. The molecule has 2 atom stereocenters. The molecule has 1 saturated carbocycles. The van der Waals surface area contributed by atoms with Gasteiger partial charge in [0.2, 0.25) is 0 Å². The maximum absolute atomic E-state index is 6.15. The van der Waals surface area contributed by atoms with Gasteiger partial charge in [0.05, 0.1) is 10.0 Å². The van der Waals surface area contributed by atoms with E-state index < -0.39 is 0 Å². The van der Waals surface area contributed by atoms with Gasteiger partial charge >= 0.3 is 0 Å². The molecule has 2 aliphatic rings. The summed E-state index contributed by atoms with van der Waals surface area (Å²) in [4.78, 5) is 2.61. The lowest BCUT2D eigenvalue weighted by Crippen LogP contribution is -2.27. The summed E-state index contributed by atoms with van der Waals surface area (Å²) < 4.78 is 0. The Hall–Kier alpha value is -0.240. The summed E-state index contributed by atoms with van der Waals surface area (Å²) in [6.45, 7) is 5.97. The van der Waals surface area contributed by atoms with Crippen molar-refractivity contribution in [2.45, 2.75) is 31.6 Å². The third-order valence-electron chi connectivity index (χ3n) is 4.54. The van der Waals surface area contributed by atoms with Gasteiger partial charge in [0.25, 0.3) is 0 Å². The highest BCUT2D eigenvalue weighted by atomic mass is 35.5. The quantitative estimate of drug-likeness (QED) is 0.793. The molecule has 1 aromatic carbocycles. The molecule has 0 radical (unpaired) electrons. The highest BCUT2D eigenvalue weighted by Gasteiger charge is 2.60. The van der Waals surface area contributed by atoms with E-state index in [4.69, 9.17) is 23.2 Å². The van der Waals surface area contributed by atoms with Gasteiger partial charge in [-0.05, 0) is 43.0 Å². The van der Waals surface area contributed by atoms with Crippen molar-refractivity contribution in [3.8, 4) is 0 Å². The lowest BCUT2D eigenvalue weighted by Gasteiger charge is -2.21. The second-order valence-corrected chi connectivity index (χ2v) is 6.59. The topological polar surface area (TPSA) is 3.24 Å². The molecule has 3 rings (SSSR count). The normalized spacial score (nSPS) is 30.5. The number of piperidine rings is 1. The molecule has 1 unspecified atom stereocenters. The van der Waals surface area contributed by atoms with Crippen LogP contribution in [0, 0.1) is 5.92 Å². The van der Waals surface area contributed by atoms with Crippen LogP contribution in [-0.4, -0.2) is 24.5 Å². The van der Waals surface area contributed by atoms with E-state index in [0.717, 1.165) is 5.92 Å². The molecular formula is C15H19Cl2N. The predicted molar refractivity (Wildman–Crippen MR) is 77.6 cm³/mol. The van der Waals surface area contributed by atoms with Crippen LogP contribution in [0.3, 0.4) is 0 Å². The third kappa shape index (κ3) is 2.07. The van der Waals surface area contributed by atoms with Crippen molar-refractivity contribution in [2.24, 2.45) is 5.92 Å². The highest BCUT2D eigenvalue weighted by Crippen LogP contribution is 2.59. The van der Waals surface area contributed by atoms with Gasteiger partial charge in [0, 0.05) is 18.5 Å². The SMILES string of the molecule is CCCCN1CC2C[C@@]2(c2ccc(Cl)c(Cl)c2)C1. The molecule has 98 valence electrons. The van der Waals surface area contributed by atoms with Crippen molar-refractivity contribution in [2.75, 3.05) is 19.6 Å². The summed E-state index contributed by atoms with van der Waals surface area (Å²) >= 11 is 12.1. The van der Waals surface area contributed by atoms with Crippen LogP contribution in [0.5, 0.6) is 0 Å². The predicted octanol–water partition coefficient (Wildman–Crippen LogP) is 4.37. The Balaban J connectivity index is 1.75. The lowest BCUT2D eigenvalue weighted by molar-refractivity contribution is 0.293. The average Bonchev–Trinajstić information content (AvgIpc) is 2.93. The van der Waals surface area contributed by atoms with Gasteiger partial charge in [0.1, 0.15) is 0 Å². The van der Waals surface area contributed by atoms with Gasteiger partial charge in [-0.15, -0.1) is 0 Å². The summed E-state index contributed by atoms with van der Waals surface area (Å²) in [5.74, 6) is 0.839. The number of halogens is 2. The summed E-state index contributed by atoms with van der Waals surface area (Å²) in [5.41, 5.74) is 1.78. The molecule has 0 N–H and O–H groups in total. The van der Waals surface area contributed by atoms with E-state index in [1.54, 1.807) is 0 Å². The van der Waals surface area contributed by atoms with Crippen LogP contribution in [-0.2, 0) is 5.41 Å². The van der Waals surface area contributed by atoms with Crippen molar-refractivity contribution in [1.29, 1.82) is 0 Å². The number of rotatable bonds is 4. The Kier molecular flexibility index (Phi) is 3.34. The molecule has 0 amide bonds. The summed E-state index contributed by atoms with van der Waals surface area (Å²) in [6, 6.07) is 6.18. The van der Waals surface area contributed by atoms with Crippen molar-refractivity contribution >= 4 is 23.2 Å². The Morgan fingerprint density at radius 1 is 1.33 bits per heavy atom. The smallest absolute Gasteiger partial charge is 0.0595 e. The number of benzene rings is 1. The van der Waals surface area contributed by atoms with E-state index in [0.29, 0.717) is 15.5 Å². The van der Waals surface area contributed by atoms with Gasteiger partial charge in [-0.3, -0.25) is 0 Å². The monoisotopic (exact) mass is 283 g/mol. The molecule has 1 nitrogen and oxygen atoms in total. The first-order chi connectivity index (χ1) is 8.65. The van der Waals surface area contributed by atoms with Gasteiger partial charge in [-0.1, -0.05) is 42.6 Å². The van der Waals surface area contributed by atoms with Crippen molar-refractivity contribution in [3.63, 3.8) is 0 Å². The Morgan fingerprint density at radius 2 is 2.17 bits per heavy atom.